The van der Waals surface area contributed by atoms with E-state index in [9.17, 15) is 0 Å². The molecule has 17 heavy (non-hydrogen) atoms. The summed E-state index contributed by atoms with van der Waals surface area (Å²) >= 11 is 0. The van der Waals surface area contributed by atoms with Crippen molar-refractivity contribution in [3.05, 3.63) is 0 Å². The fraction of sp³-hybridized carbons (Fsp3) is 0.867. The zero-order chi connectivity index (χ0) is 13.2. The van der Waals surface area contributed by atoms with Gasteiger partial charge < -0.3 is 9.47 Å². The van der Waals surface area contributed by atoms with Gasteiger partial charge in [-0.2, -0.15) is 0 Å². The maximum Gasteiger partial charge on any atom is 0.163 e. The third kappa shape index (κ3) is 3.24. The van der Waals surface area contributed by atoms with Crippen molar-refractivity contribution in [1.29, 1.82) is 0 Å². The Labute approximate surface area is 106 Å². The second kappa shape index (κ2) is 5.42. The van der Waals surface area contributed by atoms with Crippen LogP contribution in [0.4, 0.5) is 0 Å². The summed E-state index contributed by atoms with van der Waals surface area (Å²) in [6.07, 6.45) is 6.96. The van der Waals surface area contributed by atoms with E-state index in [2.05, 4.69) is 33.6 Å². The minimum absolute atomic E-state index is 0.0859. The molecule has 0 N–H and O–H groups in total. The molecule has 98 valence electrons. The van der Waals surface area contributed by atoms with Crippen molar-refractivity contribution in [2.75, 3.05) is 0 Å². The average molecular weight is 238 g/mol. The van der Waals surface area contributed by atoms with Gasteiger partial charge in [-0.15, -0.1) is 12.3 Å². The molecule has 0 bridgehead atoms. The molecule has 0 saturated carbocycles. The largest absolute Gasteiger partial charge is 0.347 e. The maximum absolute atomic E-state index is 6.07. The van der Waals surface area contributed by atoms with Crippen molar-refractivity contribution in [3.63, 3.8) is 0 Å². The van der Waals surface area contributed by atoms with E-state index in [0.717, 1.165) is 6.42 Å². The van der Waals surface area contributed by atoms with Crippen LogP contribution in [-0.4, -0.2) is 18.0 Å². The zero-order valence-electron chi connectivity index (χ0n) is 12.0. The summed E-state index contributed by atoms with van der Waals surface area (Å²) in [6, 6.07) is 0. The summed E-state index contributed by atoms with van der Waals surface area (Å²) in [6.45, 7) is 12.6. The van der Waals surface area contributed by atoms with E-state index in [1.807, 2.05) is 13.8 Å². The predicted molar refractivity (Wildman–Crippen MR) is 70.4 cm³/mol. The molecule has 0 aromatic heterocycles. The normalized spacial score (nSPS) is 35.9. The van der Waals surface area contributed by atoms with Gasteiger partial charge in [-0.3, -0.25) is 0 Å². The monoisotopic (exact) mass is 238 g/mol. The van der Waals surface area contributed by atoms with Crippen LogP contribution in [0.1, 0.15) is 48.0 Å². The quantitative estimate of drug-likeness (QED) is 0.701. The molecule has 1 heterocycles. The fourth-order valence-corrected chi connectivity index (χ4v) is 2.60. The lowest BCUT2D eigenvalue weighted by atomic mass is 9.82. The van der Waals surface area contributed by atoms with E-state index in [0.29, 0.717) is 11.8 Å². The van der Waals surface area contributed by atoms with E-state index in [-0.39, 0.29) is 18.1 Å². The van der Waals surface area contributed by atoms with Crippen molar-refractivity contribution in [1.82, 2.24) is 0 Å². The molecule has 1 aliphatic heterocycles. The first-order valence-corrected chi connectivity index (χ1v) is 6.64. The molecule has 5 atom stereocenters. The van der Waals surface area contributed by atoms with Crippen molar-refractivity contribution in [2.45, 2.75) is 66.0 Å². The molecule has 2 nitrogen and oxygen atoms in total. The highest BCUT2D eigenvalue weighted by molar-refractivity contribution is 4.99. The molecule has 0 aliphatic carbocycles. The average Bonchev–Trinajstić information content (AvgIpc) is 2.29. The van der Waals surface area contributed by atoms with Crippen LogP contribution < -0.4 is 0 Å². The van der Waals surface area contributed by atoms with Gasteiger partial charge in [0.2, 0.25) is 0 Å². The summed E-state index contributed by atoms with van der Waals surface area (Å²) in [5.74, 6) is 3.26. The van der Waals surface area contributed by atoms with Gasteiger partial charge in [0.25, 0.3) is 0 Å². The SMILES string of the molecule is C#C[C@H](C)[C@@H]1OC(C)(C)O[C@H]([C@@H](C)CC)[C@@H]1C. The predicted octanol–water partition coefficient (Wildman–Crippen LogP) is 3.46. The minimum Gasteiger partial charge on any atom is -0.347 e. The first kappa shape index (κ1) is 14.5. The van der Waals surface area contributed by atoms with Crippen LogP contribution in [0, 0.1) is 30.1 Å². The van der Waals surface area contributed by atoms with Crippen LogP contribution in [0.15, 0.2) is 0 Å². The number of ether oxygens (including phenoxy) is 2. The van der Waals surface area contributed by atoms with Crippen LogP contribution >= 0.6 is 0 Å². The van der Waals surface area contributed by atoms with Crippen molar-refractivity contribution in [2.24, 2.45) is 17.8 Å². The van der Waals surface area contributed by atoms with E-state index in [4.69, 9.17) is 15.9 Å². The van der Waals surface area contributed by atoms with Gasteiger partial charge in [0.05, 0.1) is 12.2 Å². The Hall–Kier alpha value is -0.520. The van der Waals surface area contributed by atoms with Crippen LogP contribution in [0.5, 0.6) is 0 Å². The molecule has 0 aromatic carbocycles. The molecule has 0 unspecified atom stereocenters. The van der Waals surface area contributed by atoms with Gasteiger partial charge in [-0.1, -0.05) is 27.2 Å². The Bertz CT molecular complexity index is 290. The van der Waals surface area contributed by atoms with Gasteiger partial charge in [-0.05, 0) is 26.7 Å². The van der Waals surface area contributed by atoms with E-state index < -0.39 is 5.79 Å². The van der Waals surface area contributed by atoms with Crippen LogP contribution in [0.2, 0.25) is 0 Å². The smallest absolute Gasteiger partial charge is 0.163 e. The Kier molecular flexibility index (Phi) is 4.63. The molecular weight excluding hydrogens is 212 g/mol. The lowest BCUT2D eigenvalue weighted by Crippen LogP contribution is -2.53. The molecule has 1 fully saturated rings. The molecule has 1 saturated heterocycles. The molecule has 1 aliphatic rings. The summed E-state index contributed by atoms with van der Waals surface area (Å²) in [5.41, 5.74) is 0. The first-order valence-electron chi connectivity index (χ1n) is 6.64. The lowest BCUT2D eigenvalue weighted by Gasteiger charge is -2.48. The summed E-state index contributed by atoms with van der Waals surface area (Å²) in [4.78, 5) is 0. The Morgan fingerprint density at radius 3 is 2.24 bits per heavy atom. The van der Waals surface area contributed by atoms with Gasteiger partial charge in [0.1, 0.15) is 0 Å². The first-order chi connectivity index (χ1) is 7.82. The Balaban J connectivity index is 2.91. The third-order valence-corrected chi connectivity index (χ3v) is 3.84. The molecule has 1 rings (SSSR count). The minimum atomic E-state index is -0.531. The van der Waals surface area contributed by atoms with Gasteiger partial charge in [0.15, 0.2) is 5.79 Å². The lowest BCUT2D eigenvalue weighted by molar-refractivity contribution is -0.331. The standard InChI is InChI=1S/C15H26O2/c1-8-10(3)13-12(5)14(11(4)9-2)17-15(6,7)16-13/h1,10-14H,9H2,2-7H3/t10-,11-,12+,13-,14+/m0/s1. The summed E-state index contributed by atoms with van der Waals surface area (Å²) < 4.78 is 12.1. The second-order valence-corrected chi connectivity index (χ2v) is 5.76. The number of rotatable bonds is 3. The highest BCUT2D eigenvalue weighted by Crippen LogP contribution is 2.37. The maximum atomic E-state index is 6.07. The molecule has 0 spiro atoms. The van der Waals surface area contributed by atoms with Gasteiger partial charge >= 0.3 is 0 Å². The molecule has 2 heteroatoms. The summed E-state index contributed by atoms with van der Waals surface area (Å²) in [7, 11) is 0. The van der Waals surface area contributed by atoms with E-state index in [1.54, 1.807) is 0 Å². The van der Waals surface area contributed by atoms with Gasteiger partial charge in [-0.25, -0.2) is 0 Å². The van der Waals surface area contributed by atoms with Crippen LogP contribution in [-0.2, 0) is 9.47 Å². The second-order valence-electron chi connectivity index (χ2n) is 5.76. The highest BCUT2D eigenvalue weighted by Gasteiger charge is 2.44. The van der Waals surface area contributed by atoms with Crippen LogP contribution in [0.25, 0.3) is 0 Å². The van der Waals surface area contributed by atoms with Crippen molar-refractivity contribution in [3.8, 4) is 12.3 Å². The molecule has 0 radical (unpaired) electrons. The fourth-order valence-electron chi connectivity index (χ4n) is 2.60. The molecule has 0 aromatic rings. The highest BCUT2D eigenvalue weighted by atomic mass is 16.7. The number of hydrogen-bond donors (Lipinski definition) is 0. The Morgan fingerprint density at radius 2 is 1.76 bits per heavy atom. The molecule has 0 amide bonds. The van der Waals surface area contributed by atoms with Crippen LogP contribution in [0.3, 0.4) is 0 Å². The van der Waals surface area contributed by atoms with E-state index in [1.165, 1.54) is 0 Å². The van der Waals surface area contributed by atoms with Gasteiger partial charge in [0, 0.05) is 11.8 Å². The Morgan fingerprint density at radius 1 is 1.24 bits per heavy atom. The summed E-state index contributed by atoms with van der Waals surface area (Å²) in [5, 5.41) is 0. The van der Waals surface area contributed by atoms with Crippen molar-refractivity contribution >= 4 is 0 Å². The van der Waals surface area contributed by atoms with E-state index >= 15 is 0 Å². The topological polar surface area (TPSA) is 18.5 Å². The van der Waals surface area contributed by atoms with Crippen molar-refractivity contribution < 1.29 is 9.47 Å². The zero-order valence-corrected chi connectivity index (χ0v) is 12.0. The number of hydrogen-bond acceptors (Lipinski definition) is 2. The number of terminal acetylenes is 1. The molecular formula is C15H26O2. The third-order valence-electron chi connectivity index (χ3n) is 3.84.